The van der Waals surface area contributed by atoms with E-state index in [2.05, 4.69) is 25.6 Å². The fourth-order valence-electron chi connectivity index (χ4n) is 2.90. The van der Waals surface area contributed by atoms with Crippen molar-refractivity contribution in [3.8, 4) is 0 Å². The van der Waals surface area contributed by atoms with E-state index in [1.807, 2.05) is 18.2 Å². The van der Waals surface area contributed by atoms with Gasteiger partial charge in [-0.2, -0.15) is 4.98 Å². The lowest BCUT2D eigenvalue weighted by atomic mass is 10.0. The number of oxime groups is 3. The fraction of sp³-hybridized carbons (Fsp3) is 0.227. The van der Waals surface area contributed by atoms with Gasteiger partial charge >= 0.3 is 0 Å². The lowest BCUT2D eigenvalue weighted by Gasteiger charge is -2.10. The standard InChI is InChI=1S/C22H21F2N5O4/c1-13(20(27-30-3)18-10-9-16(23)11-19(18)24)26-32-12-15-7-5-6-8-17(15)21(28-31-4)22-25-14(2)33-29-22/h5-11H,12H2,1-4H3. The molecule has 2 aromatic carbocycles. The molecule has 0 atom stereocenters. The smallest absolute Gasteiger partial charge is 0.225 e. The first-order valence-corrected chi connectivity index (χ1v) is 9.68. The molecule has 1 aromatic heterocycles. The van der Waals surface area contributed by atoms with Crippen molar-refractivity contribution >= 4 is 17.1 Å². The molecule has 0 bridgehead atoms. The van der Waals surface area contributed by atoms with Gasteiger partial charge in [0.25, 0.3) is 0 Å². The summed E-state index contributed by atoms with van der Waals surface area (Å²) in [4.78, 5) is 19.4. The van der Waals surface area contributed by atoms with Crippen molar-refractivity contribution in [2.45, 2.75) is 20.5 Å². The highest BCUT2D eigenvalue weighted by molar-refractivity contribution is 6.47. The van der Waals surface area contributed by atoms with Crippen molar-refractivity contribution in [1.82, 2.24) is 10.1 Å². The molecule has 11 heteroatoms. The van der Waals surface area contributed by atoms with E-state index in [0.29, 0.717) is 22.7 Å². The fourth-order valence-corrected chi connectivity index (χ4v) is 2.90. The van der Waals surface area contributed by atoms with Gasteiger partial charge in [0.15, 0.2) is 5.71 Å². The lowest BCUT2D eigenvalue weighted by molar-refractivity contribution is 0.130. The molecule has 0 N–H and O–H groups in total. The third-order valence-corrected chi connectivity index (χ3v) is 4.33. The summed E-state index contributed by atoms with van der Waals surface area (Å²) in [6.07, 6.45) is 0. The Kier molecular flexibility index (Phi) is 7.79. The highest BCUT2D eigenvalue weighted by Crippen LogP contribution is 2.17. The Labute approximate surface area is 188 Å². The van der Waals surface area contributed by atoms with E-state index in [0.717, 1.165) is 12.1 Å². The van der Waals surface area contributed by atoms with Crippen molar-refractivity contribution in [2.75, 3.05) is 14.2 Å². The molecule has 0 spiro atoms. The van der Waals surface area contributed by atoms with Gasteiger partial charge in [-0.25, -0.2) is 8.78 Å². The minimum Gasteiger partial charge on any atom is -0.399 e. The third-order valence-electron chi connectivity index (χ3n) is 4.33. The normalized spacial score (nSPS) is 12.6. The van der Waals surface area contributed by atoms with Crippen molar-refractivity contribution in [3.05, 3.63) is 82.5 Å². The zero-order valence-electron chi connectivity index (χ0n) is 18.4. The van der Waals surface area contributed by atoms with Gasteiger partial charge < -0.3 is 19.0 Å². The van der Waals surface area contributed by atoms with E-state index in [1.165, 1.54) is 20.3 Å². The molecule has 0 aliphatic heterocycles. The maximum absolute atomic E-state index is 14.2. The summed E-state index contributed by atoms with van der Waals surface area (Å²) in [6, 6.07) is 10.3. The van der Waals surface area contributed by atoms with Crippen LogP contribution in [0.15, 0.2) is 62.5 Å². The quantitative estimate of drug-likeness (QED) is 0.355. The van der Waals surface area contributed by atoms with Crippen LogP contribution in [0.5, 0.6) is 0 Å². The molecule has 0 saturated heterocycles. The van der Waals surface area contributed by atoms with E-state index in [-0.39, 0.29) is 29.4 Å². The number of halogens is 2. The maximum Gasteiger partial charge on any atom is 0.225 e. The highest BCUT2D eigenvalue weighted by Gasteiger charge is 2.19. The molecule has 0 amide bonds. The number of aromatic nitrogens is 2. The van der Waals surface area contributed by atoms with E-state index >= 15 is 0 Å². The molecular weight excluding hydrogens is 436 g/mol. The van der Waals surface area contributed by atoms with Crippen LogP contribution in [0.25, 0.3) is 0 Å². The zero-order chi connectivity index (χ0) is 23.8. The number of hydrogen-bond acceptors (Lipinski definition) is 9. The van der Waals surface area contributed by atoms with Gasteiger partial charge in [0.05, 0.1) is 0 Å². The minimum atomic E-state index is -0.804. The topological polar surface area (TPSA) is 104 Å². The zero-order valence-corrected chi connectivity index (χ0v) is 18.4. The van der Waals surface area contributed by atoms with Gasteiger partial charge in [0.2, 0.25) is 11.7 Å². The Hall–Kier alpha value is -4.15. The summed E-state index contributed by atoms with van der Waals surface area (Å²) in [5, 5.41) is 15.7. The molecule has 33 heavy (non-hydrogen) atoms. The van der Waals surface area contributed by atoms with Gasteiger partial charge in [0, 0.05) is 29.7 Å². The lowest BCUT2D eigenvalue weighted by Crippen LogP contribution is -2.16. The molecule has 0 aliphatic rings. The van der Waals surface area contributed by atoms with Crippen LogP contribution in [0, 0.1) is 18.6 Å². The second-order valence-electron chi connectivity index (χ2n) is 6.61. The van der Waals surface area contributed by atoms with Crippen LogP contribution < -0.4 is 0 Å². The summed E-state index contributed by atoms with van der Waals surface area (Å²) in [5.74, 6) is -0.883. The SMILES string of the molecule is CON=C(C(C)=NOCc1ccccc1C(=NOC)c1noc(C)n1)c1ccc(F)cc1F. The molecule has 0 radical (unpaired) electrons. The Morgan fingerprint density at radius 2 is 1.76 bits per heavy atom. The van der Waals surface area contributed by atoms with E-state index in [1.54, 1.807) is 19.9 Å². The summed E-state index contributed by atoms with van der Waals surface area (Å²) in [5.41, 5.74) is 2.00. The van der Waals surface area contributed by atoms with Crippen molar-refractivity contribution < 1.29 is 27.8 Å². The first-order valence-electron chi connectivity index (χ1n) is 9.68. The van der Waals surface area contributed by atoms with Gasteiger partial charge in [-0.05, 0) is 19.1 Å². The van der Waals surface area contributed by atoms with Crippen LogP contribution >= 0.6 is 0 Å². The summed E-state index contributed by atoms with van der Waals surface area (Å²) >= 11 is 0. The second-order valence-corrected chi connectivity index (χ2v) is 6.61. The Balaban J connectivity index is 1.85. The third kappa shape index (κ3) is 5.76. The molecule has 0 saturated carbocycles. The first-order chi connectivity index (χ1) is 15.9. The molecule has 3 aromatic rings. The van der Waals surface area contributed by atoms with Crippen molar-refractivity contribution in [2.24, 2.45) is 15.5 Å². The summed E-state index contributed by atoms with van der Waals surface area (Å²) in [7, 11) is 2.72. The Bertz CT molecular complexity index is 1210. The van der Waals surface area contributed by atoms with Crippen LogP contribution in [0.2, 0.25) is 0 Å². The number of benzene rings is 2. The van der Waals surface area contributed by atoms with Crippen LogP contribution in [0.4, 0.5) is 8.78 Å². The average Bonchev–Trinajstić information content (AvgIpc) is 3.22. The number of nitrogens with zero attached hydrogens (tertiary/aromatic N) is 5. The number of rotatable bonds is 9. The van der Waals surface area contributed by atoms with Crippen LogP contribution in [0.3, 0.4) is 0 Å². The summed E-state index contributed by atoms with van der Waals surface area (Å²) in [6.45, 7) is 3.25. The van der Waals surface area contributed by atoms with Crippen LogP contribution in [-0.2, 0) is 21.1 Å². The van der Waals surface area contributed by atoms with Crippen molar-refractivity contribution in [1.29, 1.82) is 0 Å². The van der Waals surface area contributed by atoms with Crippen LogP contribution in [-0.4, -0.2) is 41.5 Å². The molecule has 3 rings (SSSR count). The molecule has 0 aliphatic carbocycles. The molecular formula is C22H21F2N5O4. The largest absolute Gasteiger partial charge is 0.399 e. The monoisotopic (exact) mass is 457 g/mol. The second kappa shape index (κ2) is 10.9. The first kappa shape index (κ1) is 23.5. The van der Waals surface area contributed by atoms with Gasteiger partial charge in [-0.3, -0.25) is 0 Å². The number of aryl methyl sites for hydroxylation is 1. The van der Waals surface area contributed by atoms with Gasteiger partial charge in [-0.1, -0.05) is 44.9 Å². The Morgan fingerprint density at radius 1 is 1.00 bits per heavy atom. The van der Waals surface area contributed by atoms with E-state index in [9.17, 15) is 8.78 Å². The number of hydrogen-bond donors (Lipinski definition) is 0. The van der Waals surface area contributed by atoms with Gasteiger partial charge in [-0.15, -0.1) is 0 Å². The van der Waals surface area contributed by atoms with Crippen LogP contribution in [0.1, 0.15) is 35.3 Å². The maximum atomic E-state index is 14.2. The average molecular weight is 457 g/mol. The highest BCUT2D eigenvalue weighted by atomic mass is 19.1. The predicted molar refractivity (Wildman–Crippen MR) is 116 cm³/mol. The van der Waals surface area contributed by atoms with Gasteiger partial charge in [0.1, 0.15) is 43.9 Å². The molecule has 9 nitrogen and oxygen atoms in total. The van der Waals surface area contributed by atoms with Crippen molar-refractivity contribution in [3.63, 3.8) is 0 Å². The van der Waals surface area contributed by atoms with E-state index < -0.39 is 11.6 Å². The summed E-state index contributed by atoms with van der Waals surface area (Å²) < 4.78 is 32.5. The molecule has 0 fully saturated rings. The molecule has 0 unspecified atom stereocenters. The Morgan fingerprint density at radius 3 is 2.42 bits per heavy atom. The minimum absolute atomic E-state index is 0.0190. The molecule has 1 heterocycles. The molecule has 172 valence electrons. The van der Waals surface area contributed by atoms with E-state index in [4.69, 9.17) is 19.0 Å². The predicted octanol–water partition coefficient (Wildman–Crippen LogP) is 4.00.